The SMILES string of the molecule is CCCC(C)c1ccc(N)nc1. The molecule has 0 radical (unpaired) electrons. The van der Waals surface area contributed by atoms with Gasteiger partial charge in [-0.05, 0) is 24.0 Å². The van der Waals surface area contributed by atoms with E-state index in [0.717, 1.165) is 0 Å². The molecule has 12 heavy (non-hydrogen) atoms. The molecular weight excluding hydrogens is 148 g/mol. The fraction of sp³-hybridized carbons (Fsp3) is 0.500. The van der Waals surface area contributed by atoms with Crippen LogP contribution in [0, 0.1) is 0 Å². The maximum absolute atomic E-state index is 5.49. The summed E-state index contributed by atoms with van der Waals surface area (Å²) in [7, 11) is 0. The van der Waals surface area contributed by atoms with E-state index in [0.29, 0.717) is 11.7 Å². The first-order valence-electron chi connectivity index (χ1n) is 4.45. The zero-order valence-electron chi connectivity index (χ0n) is 7.75. The van der Waals surface area contributed by atoms with Crippen molar-refractivity contribution in [3.8, 4) is 0 Å². The Hall–Kier alpha value is -1.05. The summed E-state index contributed by atoms with van der Waals surface area (Å²) in [5, 5.41) is 0. The summed E-state index contributed by atoms with van der Waals surface area (Å²) >= 11 is 0. The molecule has 1 unspecified atom stereocenters. The van der Waals surface area contributed by atoms with Crippen LogP contribution in [-0.2, 0) is 0 Å². The molecule has 1 heterocycles. The molecule has 66 valence electrons. The Bertz CT molecular complexity index is 228. The van der Waals surface area contributed by atoms with Crippen molar-refractivity contribution in [2.24, 2.45) is 0 Å². The molecule has 1 aromatic heterocycles. The van der Waals surface area contributed by atoms with Crippen LogP contribution in [0.5, 0.6) is 0 Å². The topological polar surface area (TPSA) is 38.9 Å². The smallest absolute Gasteiger partial charge is 0.123 e. The van der Waals surface area contributed by atoms with Crippen LogP contribution in [0.4, 0.5) is 5.82 Å². The van der Waals surface area contributed by atoms with Crippen LogP contribution in [0.3, 0.4) is 0 Å². The highest BCUT2D eigenvalue weighted by molar-refractivity contribution is 5.30. The first-order chi connectivity index (χ1) is 5.74. The van der Waals surface area contributed by atoms with Crippen molar-refractivity contribution in [3.05, 3.63) is 23.9 Å². The van der Waals surface area contributed by atoms with Gasteiger partial charge in [-0.2, -0.15) is 0 Å². The van der Waals surface area contributed by atoms with Gasteiger partial charge in [0.1, 0.15) is 5.82 Å². The van der Waals surface area contributed by atoms with Gasteiger partial charge in [0.2, 0.25) is 0 Å². The van der Waals surface area contributed by atoms with Crippen molar-refractivity contribution < 1.29 is 0 Å². The summed E-state index contributed by atoms with van der Waals surface area (Å²) < 4.78 is 0. The van der Waals surface area contributed by atoms with Gasteiger partial charge in [-0.1, -0.05) is 26.3 Å². The van der Waals surface area contributed by atoms with Gasteiger partial charge in [0.25, 0.3) is 0 Å². The number of anilines is 1. The Kier molecular flexibility index (Phi) is 3.09. The monoisotopic (exact) mass is 164 g/mol. The van der Waals surface area contributed by atoms with Gasteiger partial charge in [-0.3, -0.25) is 0 Å². The Balaban J connectivity index is 2.68. The van der Waals surface area contributed by atoms with Crippen molar-refractivity contribution in [3.63, 3.8) is 0 Å². The van der Waals surface area contributed by atoms with Gasteiger partial charge in [0, 0.05) is 6.20 Å². The van der Waals surface area contributed by atoms with Crippen molar-refractivity contribution in [1.82, 2.24) is 4.98 Å². The lowest BCUT2D eigenvalue weighted by molar-refractivity contribution is 0.663. The van der Waals surface area contributed by atoms with Crippen LogP contribution in [0.1, 0.15) is 38.2 Å². The molecule has 0 bridgehead atoms. The molecule has 1 aromatic rings. The molecule has 2 N–H and O–H groups in total. The van der Waals surface area contributed by atoms with Gasteiger partial charge >= 0.3 is 0 Å². The minimum Gasteiger partial charge on any atom is -0.384 e. The van der Waals surface area contributed by atoms with Gasteiger partial charge in [-0.15, -0.1) is 0 Å². The summed E-state index contributed by atoms with van der Waals surface area (Å²) in [6.07, 6.45) is 4.30. The third-order valence-corrected chi connectivity index (χ3v) is 2.10. The number of aromatic nitrogens is 1. The van der Waals surface area contributed by atoms with E-state index in [1.54, 1.807) is 0 Å². The number of rotatable bonds is 3. The first-order valence-corrected chi connectivity index (χ1v) is 4.45. The molecule has 0 aliphatic carbocycles. The van der Waals surface area contributed by atoms with Crippen LogP contribution in [-0.4, -0.2) is 4.98 Å². The summed E-state index contributed by atoms with van der Waals surface area (Å²) in [6.45, 7) is 4.41. The second-order valence-corrected chi connectivity index (χ2v) is 3.21. The van der Waals surface area contributed by atoms with E-state index in [4.69, 9.17) is 5.73 Å². The zero-order valence-corrected chi connectivity index (χ0v) is 7.75. The number of nitrogens with two attached hydrogens (primary N) is 1. The van der Waals surface area contributed by atoms with Gasteiger partial charge < -0.3 is 5.73 Å². The Labute approximate surface area is 73.8 Å². The number of hydrogen-bond donors (Lipinski definition) is 1. The largest absolute Gasteiger partial charge is 0.384 e. The van der Waals surface area contributed by atoms with Crippen LogP contribution >= 0.6 is 0 Å². The molecule has 0 aliphatic heterocycles. The molecule has 0 saturated carbocycles. The molecule has 1 rings (SSSR count). The second-order valence-electron chi connectivity index (χ2n) is 3.21. The lowest BCUT2D eigenvalue weighted by Gasteiger charge is -2.09. The van der Waals surface area contributed by atoms with E-state index >= 15 is 0 Å². The maximum Gasteiger partial charge on any atom is 0.123 e. The summed E-state index contributed by atoms with van der Waals surface area (Å²) in [4.78, 5) is 4.06. The molecule has 2 nitrogen and oxygen atoms in total. The fourth-order valence-corrected chi connectivity index (χ4v) is 1.31. The van der Waals surface area contributed by atoms with Gasteiger partial charge in [0.05, 0.1) is 0 Å². The molecule has 0 amide bonds. The number of nitrogen functional groups attached to an aromatic ring is 1. The van der Waals surface area contributed by atoms with Crippen LogP contribution in [0.25, 0.3) is 0 Å². The van der Waals surface area contributed by atoms with Crippen LogP contribution in [0.15, 0.2) is 18.3 Å². The number of hydrogen-bond acceptors (Lipinski definition) is 2. The normalized spacial score (nSPS) is 12.8. The highest BCUT2D eigenvalue weighted by Crippen LogP contribution is 2.19. The second kappa shape index (κ2) is 4.10. The minimum atomic E-state index is 0.599. The molecule has 0 aromatic carbocycles. The predicted molar refractivity (Wildman–Crippen MR) is 52.0 cm³/mol. The van der Waals surface area contributed by atoms with E-state index in [1.807, 2.05) is 12.3 Å². The van der Waals surface area contributed by atoms with Crippen LogP contribution in [0.2, 0.25) is 0 Å². The minimum absolute atomic E-state index is 0.599. The fourth-order valence-electron chi connectivity index (χ4n) is 1.31. The number of nitrogens with zero attached hydrogens (tertiary/aromatic N) is 1. The van der Waals surface area contributed by atoms with E-state index in [2.05, 4.69) is 24.9 Å². The maximum atomic E-state index is 5.49. The average Bonchev–Trinajstić information content (AvgIpc) is 2.06. The van der Waals surface area contributed by atoms with Crippen LogP contribution < -0.4 is 5.73 Å². The van der Waals surface area contributed by atoms with Crippen molar-refractivity contribution in [1.29, 1.82) is 0 Å². The van der Waals surface area contributed by atoms with Gasteiger partial charge in [0.15, 0.2) is 0 Å². The van der Waals surface area contributed by atoms with E-state index < -0.39 is 0 Å². The molecular formula is C10H16N2. The Morgan fingerprint density at radius 2 is 2.25 bits per heavy atom. The summed E-state index contributed by atoms with van der Waals surface area (Å²) in [5.74, 6) is 1.20. The lowest BCUT2D eigenvalue weighted by atomic mass is 9.98. The third-order valence-electron chi connectivity index (χ3n) is 2.10. The van der Waals surface area contributed by atoms with Crippen molar-refractivity contribution in [2.45, 2.75) is 32.6 Å². The van der Waals surface area contributed by atoms with E-state index in [1.165, 1.54) is 18.4 Å². The highest BCUT2D eigenvalue weighted by Gasteiger charge is 2.03. The predicted octanol–water partition coefficient (Wildman–Crippen LogP) is 2.57. The highest BCUT2D eigenvalue weighted by atomic mass is 14.8. The molecule has 0 spiro atoms. The molecule has 0 fully saturated rings. The Morgan fingerprint density at radius 3 is 2.75 bits per heavy atom. The Morgan fingerprint density at radius 1 is 1.50 bits per heavy atom. The quantitative estimate of drug-likeness (QED) is 0.745. The molecule has 0 saturated heterocycles. The van der Waals surface area contributed by atoms with E-state index in [9.17, 15) is 0 Å². The van der Waals surface area contributed by atoms with Crippen molar-refractivity contribution in [2.75, 3.05) is 5.73 Å². The van der Waals surface area contributed by atoms with E-state index in [-0.39, 0.29) is 0 Å². The van der Waals surface area contributed by atoms with Crippen molar-refractivity contribution >= 4 is 5.82 Å². The standard InChI is InChI=1S/C10H16N2/c1-3-4-8(2)9-5-6-10(11)12-7-9/h5-8H,3-4H2,1-2H3,(H2,11,12). The average molecular weight is 164 g/mol. The first kappa shape index (κ1) is 9.04. The van der Waals surface area contributed by atoms with Gasteiger partial charge in [-0.25, -0.2) is 4.98 Å². The summed E-state index contributed by atoms with van der Waals surface area (Å²) in [6, 6.07) is 3.92. The molecule has 2 heteroatoms. The lowest BCUT2D eigenvalue weighted by Crippen LogP contribution is -1.95. The zero-order chi connectivity index (χ0) is 8.97. The third kappa shape index (κ3) is 2.22. The molecule has 1 atom stereocenters. The summed E-state index contributed by atoms with van der Waals surface area (Å²) in [5.41, 5.74) is 6.77. The molecule has 0 aliphatic rings. The number of pyridine rings is 1.